The summed E-state index contributed by atoms with van der Waals surface area (Å²) in [4.78, 5) is 10.4. The van der Waals surface area contributed by atoms with Gasteiger partial charge in [-0.05, 0) is 18.4 Å². The molecule has 0 saturated carbocycles. The molecule has 0 aliphatic heterocycles. The van der Waals surface area contributed by atoms with E-state index in [2.05, 4.69) is 0 Å². The Bertz CT molecular complexity index is 289. The van der Waals surface area contributed by atoms with E-state index in [1.807, 2.05) is 12.1 Å². The van der Waals surface area contributed by atoms with E-state index in [0.29, 0.717) is 18.4 Å². The standard InChI is InChI=1S/C9H8N2O/c10-6-9(7-11)3-1-2-8(4-9)5-12/h2,5H,1,3-4H2. The smallest absolute Gasteiger partial charge is 0.148 e. The summed E-state index contributed by atoms with van der Waals surface area (Å²) in [5.74, 6) is 0. The summed E-state index contributed by atoms with van der Waals surface area (Å²) in [5.41, 5.74) is -0.380. The second-order valence-corrected chi connectivity index (χ2v) is 2.92. The van der Waals surface area contributed by atoms with Gasteiger partial charge < -0.3 is 0 Å². The molecule has 3 heteroatoms. The zero-order chi connectivity index (χ0) is 9.03. The van der Waals surface area contributed by atoms with Crippen molar-refractivity contribution in [3.05, 3.63) is 11.6 Å². The van der Waals surface area contributed by atoms with Crippen LogP contribution in [0.2, 0.25) is 0 Å². The molecule has 0 spiro atoms. The first-order valence-corrected chi connectivity index (χ1v) is 3.73. The van der Waals surface area contributed by atoms with Gasteiger partial charge >= 0.3 is 0 Å². The van der Waals surface area contributed by atoms with Crippen LogP contribution in [0.4, 0.5) is 0 Å². The summed E-state index contributed by atoms with van der Waals surface area (Å²) < 4.78 is 0. The van der Waals surface area contributed by atoms with Crippen molar-refractivity contribution < 1.29 is 4.79 Å². The predicted octanol–water partition coefficient (Wildman–Crippen LogP) is 1.33. The van der Waals surface area contributed by atoms with Gasteiger partial charge in [-0.1, -0.05) is 6.08 Å². The minimum atomic E-state index is -0.953. The molecule has 1 rings (SSSR count). The van der Waals surface area contributed by atoms with Crippen LogP contribution in [-0.4, -0.2) is 6.29 Å². The molecule has 1 aliphatic rings. The van der Waals surface area contributed by atoms with Crippen molar-refractivity contribution in [3.63, 3.8) is 0 Å². The van der Waals surface area contributed by atoms with Gasteiger partial charge in [-0.25, -0.2) is 0 Å². The van der Waals surface area contributed by atoms with Crippen molar-refractivity contribution >= 4 is 6.29 Å². The third-order valence-corrected chi connectivity index (χ3v) is 2.06. The minimum Gasteiger partial charge on any atom is -0.298 e. The van der Waals surface area contributed by atoms with Crippen LogP contribution >= 0.6 is 0 Å². The normalized spacial score (nSPS) is 20.0. The molecule has 0 bridgehead atoms. The Morgan fingerprint density at radius 2 is 2.17 bits per heavy atom. The number of allylic oxidation sites excluding steroid dienone is 2. The van der Waals surface area contributed by atoms with Crippen molar-refractivity contribution in [2.45, 2.75) is 19.3 Å². The van der Waals surface area contributed by atoms with Gasteiger partial charge in [-0.3, -0.25) is 4.79 Å². The minimum absolute atomic E-state index is 0.281. The fraction of sp³-hybridized carbons (Fsp3) is 0.444. The van der Waals surface area contributed by atoms with Gasteiger partial charge in [0.05, 0.1) is 12.1 Å². The summed E-state index contributed by atoms with van der Waals surface area (Å²) in [6.45, 7) is 0. The molecule has 0 radical (unpaired) electrons. The van der Waals surface area contributed by atoms with Crippen LogP contribution in [0.5, 0.6) is 0 Å². The summed E-state index contributed by atoms with van der Waals surface area (Å²) in [6, 6.07) is 3.94. The predicted molar refractivity (Wildman–Crippen MR) is 41.7 cm³/mol. The van der Waals surface area contributed by atoms with Crippen LogP contribution in [0, 0.1) is 28.1 Å². The summed E-state index contributed by atoms with van der Waals surface area (Å²) in [6.07, 6.45) is 3.98. The first-order chi connectivity index (χ1) is 5.76. The van der Waals surface area contributed by atoms with E-state index in [4.69, 9.17) is 10.5 Å². The van der Waals surface area contributed by atoms with Crippen LogP contribution in [0.25, 0.3) is 0 Å². The molecule has 0 aromatic heterocycles. The molecule has 12 heavy (non-hydrogen) atoms. The number of carbonyl (C=O) groups is 1. The average Bonchev–Trinajstić information content (AvgIpc) is 2.18. The lowest BCUT2D eigenvalue weighted by molar-refractivity contribution is -0.105. The third kappa shape index (κ3) is 1.35. The molecule has 3 nitrogen and oxygen atoms in total. The van der Waals surface area contributed by atoms with Gasteiger partial charge in [0.25, 0.3) is 0 Å². The highest BCUT2D eigenvalue weighted by atomic mass is 16.1. The van der Waals surface area contributed by atoms with Gasteiger partial charge in [0.2, 0.25) is 0 Å². The Kier molecular flexibility index (Phi) is 2.26. The molecule has 0 amide bonds. The molecule has 0 saturated heterocycles. The lowest BCUT2D eigenvalue weighted by Gasteiger charge is -2.21. The van der Waals surface area contributed by atoms with E-state index in [0.717, 1.165) is 6.29 Å². The molecule has 0 atom stereocenters. The monoisotopic (exact) mass is 160 g/mol. The Morgan fingerprint density at radius 1 is 1.50 bits per heavy atom. The maximum Gasteiger partial charge on any atom is 0.148 e. The van der Waals surface area contributed by atoms with Gasteiger partial charge in [0.1, 0.15) is 11.7 Å². The van der Waals surface area contributed by atoms with Crippen molar-refractivity contribution in [3.8, 4) is 12.1 Å². The molecular weight excluding hydrogens is 152 g/mol. The molecule has 0 N–H and O–H groups in total. The van der Waals surface area contributed by atoms with Crippen molar-refractivity contribution in [2.75, 3.05) is 0 Å². The average molecular weight is 160 g/mol. The molecule has 1 aliphatic carbocycles. The SMILES string of the molecule is N#CC1(C#N)CCC=C(C=O)C1. The van der Waals surface area contributed by atoms with Gasteiger partial charge in [-0.15, -0.1) is 0 Å². The quantitative estimate of drug-likeness (QED) is 0.543. The van der Waals surface area contributed by atoms with E-state index in [1.54, 1.807) is 6.08 Å². The zero-order valence-electron chi connectivity index (χ0n) is 6.58. The van der Waals surface area contributed by atoms with Crippen LogP contribution in [0.1, 0.15) is 19.3 Å². The largest absolute Gasteiger partial charge is 0.298 e. The molecule has 60 valence electrons. The number of hydrogen-bond acceptors (Lipinski definition) is 3. The molecule has 0 unspecified atom stereocenters. The van der Waals surface area contributed by atoms with Gasteiger partial charge in [0, 0.05) is 6.42 Å². The Balaban J connectivity index is 2.89. The lowest BCUT2D eigenvalue weighted by atomic mass is 9.77. The fourth-order valence-corrected chi connectivity index (χ4v) is 1.32. The lowest BCUT2D eigenvalue weighted by Crippen LogP contribution is -2.20. The van der Waals surface area contributed by atoms with Crippen molar-refractivity contribution in [2.24, 2.45) is 5.41 Å². The van der Waals surface area contributed by atoms with E-state index in [1.165, 1.54) is 0 Å². The topological polar surface area (TPSA) is 64.7 Å². The summed E-state index contributed by atoms with van der Waals surface area (Å²) in [5, 5.41) is 17.5. The Morgan fingerprint density at radius 3 is 2.67 bits per heavy atom. The first kappa shape index (κ1) is 8.49. The highest BCUT2D eigenvalue weighted by molar-refractivity contribution is 5.74. The Labute approximate surface area is 70.9 Å². The van der Waals surface area contributed by atoms with Crippen LogP contribution in [-0.2, 0) is 4.79 Å². The van der Waals surface area contributed by atoms with Crippen LogP contribution in [0.3, 0.4) is 0 Å². The fourth-order valence-electron chi connectivity index (χ4n) is 1.32. The van der Waals surface area contributed by atoms with Gasteiger partial charge in [0.15, 0.2) is 0 Å². The number of carbonyl (C=O) groups excluding carboxylic acids is 1. The third-order valence-electron chi connectivity index (χ3n) is 2.06. The van der Waals surface area contributed by atoms with Crippen molar-refractivity contribution in [1.82, 2.24) is 0 Å². The maximum atomic E-state index is 10.4. The van der Waals surface area contributed by atoms with Crippen LogP contribution in [0.15, 0.2) is 11.6 Å². The van der Waals surface area contributed by atoms with E-state index in [9.17, 15) is 4.79 Å². The summed E-state index contributed by atoms with van der Waals surface area (Å²) >= 11 is 0. The highest BCUT2D eigenvalue weighted by Gasteiger charge is 2.32. The van der Waals surface area contributed by atoms with E-state index >= 15 is 0 Å². The molecular formula is C9H8N2O. The second kappa shape index (κ2) is 3.19. The first-order valence-electron chi connectivity index (χ1n) is 3.73. The number of aldehydes is 1. The Hall–Kier alpha value is -1.61. The molecule has 0 heterocycles. The second-order valence-electron chi connectivity index (χ2n) is 2.92. The molecule has 0 fully saturated rings. The number of nitrogens with zero attached hydrogens (tertiary/aromatic N) is 2. The number of rotatable bonds is 1. The summed E-state index contributed by atoms with van der Waals surface area (Å²) in [7, 11) is 0. The zero-order valence-corrected chi connectivity index (χ0v) is 6.58. The number of hydrogen-bond donors (Lipinski definition) is 0. The van der Waals surface area contributed by atoms with Crippen molar-refractivity contribution in [1.29, 1.82) is 10.5 Å². The molecule has 0 aromatic carbocycles. The van der Waals surface area contributed by atoms with E-state index < -0.39 is 5.41 Å². The van der Waals surface area contributed by atoms with Gasteiger partial charge in [-0.2, -0.15) is 10.5 Å². The van der Waals surface area contributed by atoms with E-state index in [-0.39, 0.29) is 6.42 Å². The molecule has 0 aromatic rings. The highest BCUT2D eigenvalue weighted by Crippen LogP contribution is 2.34. The van der Waals surface area contributed by atoms with Crippen LogP contribution < -0.4 is 0 Å². The maximum absolute atomic E-state index is 10.4. The number of nitriles is 2.